The van der Waals surface area contributed by atoms with E-state index in [4.69, 9.17) is 0 Å². The van der Waals surface area contributed by atoms with Gasteiger partial charge in [-0.15, -0.1) is 0 Å². The Balaban J connectivity index is 2.42. The third kappa shape index (κ3) is 2.22. The van der Waals surface area contributed by atoms with E-state index in [1.54, 1.807) is 0 Å². The van der Waals surface area contributed by atoms with E-state index in [-0.39, 0.29) is 0 Å². The highest BCUT2D eigenvalue weighted by molar-refractivity contribution is 4.90. The quantitative estimate of drug-likeness (QED) is 0.628. The Kier molecular flexibility index (Phi) is 3.16. The first-order valence-electron chi connectivity index (χ1n) is 5.31. The van der Waals surface area contributed by atoms with E-state index in [2.05, 4.69) is 32.6 Å². The lowest BCUT2D eigenvalue weighted by Gasteiger charge is -2.31. The average molecular weight is 169 g/mol. The fraction of sp³-hybridized carbons (Fsp3) is 1.00. The van der Waals surface area contributed by atoms with Crippen LogP contribution in [0.3, 0.4) is 0 Å². The van der Waals surface area contributed by atoms with Crippen LogP contribution in [0.1, 0.15) is 47.0 Å². The first kappa shape index (κ1) is 10.0. The van der Waals surface area contributed by atoms with Crippen molar-refractivity contribution in [2.24, 2.45) is 5.92 Å². The predicted molar refractivity (Wildman–Crippen MR) is 54.3 cm³/mol. The molecule has 0 amide bonds. The maximum atomic E-state index is 2.65. The molecule has 1 atom stereocenters. The summed E-state index contributed by atoms with van der Waals surface area (Å²) >= 11 is 0. The second-order valence-corrected chi connectivity index (χ2v) is 4.92. The van der Waals surface area contributed by atoms with Crippen molar-refractivity contribution in [2.75, 3.05) is 13.1 Å². The normalized spacial score (nSPS) is 29.5. The van der Waals surface area contributed by atoms with Crippen molar-refractivity contribution in [1.82, 2.24) is 4.90 Å². The summed E-state index contributed by atoms with van der Waals surface area (Å²) in [6.07, 6.45) is 4.05. The molecule has 0 aromatic carbocycles. The SMILES string of the molecule is CCCCN1CC(C)CC1(C)C. The highest BCUT2D eigenvalue weighted by Gasteiger charge is 2.35. The van der Waals surface area contributed by atoms with Crippen LogP contribution in [-0.2, 0) is 0 Å². The van der Waals surface area contributed by atoms with Gasteiger partial charge in [0.1, 0.15) is 0 Å². The van der Waals surface area contributed by atoms with Crippen molar-refractivity contribution in [2.45, 2.75) is 52.5 Å². The van der Waals surface area contributed by atoms with E-state index >= 15 is 0 Å². The van der Waals surface area contributed by atoms with Crippen molar-refractivity contribution in [3.05, 3.63) is 0 Å². The summed E-state index contributed by atoms with van der Waals surface area (Å²) in [5.41, 5.74) is 0.467. The zero-order chi connectivity index (χ0) is 9.19. The van der Waals surface area contributed by atoms with Gasteiger partial charge in [-0.05, 0) is 39.2 Å². The molecule has 12 heavy (non-hydrogen) atoms. The van der Waals surface area contributed by atoms with Crippen molar-refractivity contribution in [3.8, 4) is 0 Å². The Labute approximate surface area is 77.1 Å². The Bertz CT molecular complexity index is 140. The van der Waals surface area contributed by atoms with Crippen LogP contribution in [0.15, 0.2) is 0 Å². The van der Waals surface area contributed by atoms with Crippen LogP contribution >= 0.6 is 0 Å². The minimum absolute atomic E-state index is 0.467. The van der Waals surface area contributed by atoms with E-state index < -0.39 is 0 Å². The number of hydrogen-bond donors (Lipinski definition) is 0. The molecule has 0 N–H and O–H groups in total. The number of unbranched alkanes of at least 4 members (excludes halogenated alkanes) is 1. The van der Waals surface area contributed by atoms with E-state index in [9.17, 15) is 0 Å². The molecule has 72 valence electrons. The van der Waals surface area contributed by atoms with Crippen LogP contribution in [0, 0.1) is 5.92 Å². The molecule has 0 radical (unpaired) electrons. The summed E-state index contributed by atoms with van der Waals surface area (Å²) in [4.78, 5) is 2.65. The monoisotopic (exact) mass is 169 g/mol. The summed E-state index contributed by atoms with van der Waals surface area (Å²) in [5.74, 6) is 0.900. The van der Waals surface area contributed by atoms with Crippen molar-refractivity contribution in [1.29, 1.82) is 0 Å². The van der Waals surface area contributed by atoms with Crippen LogP contribution in [-0.4, -0.2) is 23.5 Å². The second-order valence-electron chi connectivity index (χ2n) is 4.92. The number of rotatable bonds is 3. The fourth-order valence-electron chi connectivity index (χ4n) is 2.41. The Morgan fingerprint density at radius 2 is 2.08 bits per heavy atom. The molecule has 1 rings (SSSR count). The molecule has 0 aromatic heterocycles. The maximum Gasteiger partial charge on any atom is 0.0156 e. The zero-order valence-corrected chi connectivity index (χ0v) is 9.06. The summed E-state index contributed by atoms with van der Waals surface area (Å²) in [6.45, 7) is 12.0. The minimum atomic E-state index is 0.467. The van der Waals surface area contributed by atoms with Gasteiger partial charge in [0.05, 0.1) is 0 Å². The molecule has 1 nitrogen and oxygen atoms in total. The first-order valence-corrected chi connectivity index (χ1v) is 5.31. The fourth-order valence-corrected chi connectivity index (χ4v) is 2.41. The second kappa shape index (κ2) is 3.78. The largest absolute Gasteiger partial charge is 0.298 e. The van der Waals surface area contributed by atoms with Crippen LogP contribution in [0.2, 0.25) is 0 Å². The van der Waals surface area contributed by atoms with Gasteiger partial charge in [-0.3, -0.25) is 4.90 Å². The molecule has 1 heteroatoms. The molecule has 1 aliphatic rings. The predicted octanol–water partition coefficient (Wildman–Crippen LogP) is 2.91. The molecule has 0 aliphatic carbocycles. The molecule has 1 saturated heterocycles. The molecular formula is C11H23N. The van der Waals surface area contributed by atoms with Crippen molar-refractivity contribution >= 4 is 0 Å². The number of hydrogen-bond acceptors (Lipinski definition) is 1. The van der Waals surface area contributed by atoms with Crippen LogP contribution in [0.25, 0.3) is 0 Å². The van der Waals surface area contributed by atoms with Gasteiger partial charge in [-0.1, -0.05) is 20.3 Å². The first-order chi connectivity index (χ1) is 5.56. The van der Waals surface area contributed by atoms with Crippen molar-refractivity contribution < 1.29 is 0 Å². The van der Waals surface area contributed by atoms with Crippen LogP contribution in [0.4, 0.5) is 0 Å². The topological polar surface area (TPSA) is 3.24 Å². The Morgan fingerprint density at radius 3 is 2.50 bits per heavy atom. The summed E-state index contributed by atoms with van der Waals surface area (Å²) in [7, 11) is 0. The van der Waals surface area contributed by atoms with Gasteiger partial charge in [0.25, 0.3) is 0 Å². The van der Waals surface area contributed by atoms with E-state index in [1.807, 2.05) is 0 Å². The van der Waals surface area contributed by atoms with Crippen LogP contribution in [0.5, 0.6) is 0 Å². The van der Waals surface area contributed by atoms with Gasteiger partial charge in [0, 0.05) is 12.1 Å². The zero-order valence-electron chi connectivity index (χ0n) is 9.06. The molecule has 1 fully saturated rings. The van der Waals surface area contributed by atoms with Crippen molar-refractivity contribution in [3.63, 3.8) is 0 Å². The lowest BCUT2D eigenvalue weighted by molar-refractivity contribution is 0.172. The molecule has 1 aliphatic heterocycles. The number of likely N-dealkylation sites (tertiary alicyclic amines) is 1. The summed E-state index contributed by atoms with van der Waals surface area (Å²) < 4.78 is 0. The lowest BCUT2D eigenvalue weighted by Crippen LogP contribution is -2.38. The van der Waals surface area contributed by atoms with E-state index in [1.165, 1.54) is 32.4 Å². The number of nitrogens with zero attached hydrogens (tertiary/aromatic N) is 1. The van der Waals surface area contributed by atoms with Crippen LogP contribution < -0.4 is 0 Å². The highest BCUT2D eigenvalue weighted by atomic mass is 15.2. The van der Waals surface area contributed by atoms with Gasteiger partial charge in [-0.25, -0.2) is 0 Å². The molecule has 1 unspecified atom stereocenters. The molecule has 0 saturated carbocycles. The third-order valence-electron chi connectivity index (χ3n) is 3.02. The van der Waals surface area contributed by atoms with Gasteiger partial charge in [-0.2, -0.15) is 0 Å². The highest BCUT2D eigenvalue weighted by Crippen LogP contribution is 2.32. The molecule has 0 bridgehead atoms. The molecule has 0 spiro atoms. The summed E-state index contributed by atoms with van der Waals surface area (Å²) in [5, 5.41) is 0. The van der Waals surface area contributed by atoms with E-state index in [0.717, 1.165) is 5.92 Å². The lowest BCUT2D eigenvalue weighted by atomic mass is 9.97. The molecular weight excluding hydrogens is 146 g/mol. The van der Waals surface area contributed by atoms with E-state index in [0.29, 0.717) is 5.54 Å². The molecule has 1 heterocycles. The third-order valence-corrected chi connectivity index (χ3v) is 3.02. The Hall–Kier alpha value is -0.0400. The van der Waals surface area contributed by atoms with Gasteiger partial charge in [0.15, 0.2) is 0 Å². The molecule has 0 aromatic rings. The van der Waals surface area contributed by atoms with Gasteiger partial charge >= 0.3 is 0 Å². The van der Waals surface area contributed by atoms with Gasteiger partial charge < -0.3 is 0 Å². The Morgan fingerprint density at radius 1 is 1.42 bits per heavy atom. The summed E-state index contributed by atoms with van der Waals surface area (Å²) in [6, 6.07) is 0. The average Bonchev–Trinajstić information content (AvgIpc) is 2.20. The van der Waals surface area contributed by atoms with Gasteiger partial charge in [0.2, 0.25) is 0 Å². The minimum Gasteiger partial charge on any atom is -0.298 e. The maximum absolute atomic E-state index is 2.65. The smallest absolute Gasteiger partial charge is 0.0156 e. The standard InChI is InChI=1S/C11H23N/c1-5-6-7-12-9-10(2)8-11(12,3)4/h10H,5-9H2,1-4H3.